The Morgan fingerprint density at radius 2 is 1.90 bits per heavy atom. The fraction of sp³-hybridized carbons (Fsp3) is 0.438. The summed E-state index contributed by atoms with van der Waals surface area (Å²) < 4.78 is 2.01. The van der Waals surface area contributed by atoms with Crippen molar-refractivity contribution in [2.75, 3.05) is 11.4 Å². The van der Waals surface area contributed by atoms with Crippen LogP contribution >= 0.6 is 11.6 Å². The highest BCUT2D eigenvalue weighted by Crippen LogP contribution is 2.29. The number of halogens is 1. The minimum atomic E-state index is 0.403. The number of alkyl halides is 1. The van der Waals surface area contributed by atoms with Crippen molar-refractivity contribution in [3.05, 3.63) is 41.6 Å². The first-order chi connectivity index (χ1) is 9.60. The maximum absolute atomic E-state index is 6.16. The van der Waals surface area contributed by atoms with Crippen LogP contribution in [0.1, 0.15) is 32.0 Å². The van der Waals surface area contributed by atoms with E-state index in [1.807, 2.05) is 29.8 Å². The third-order valence-electron chi connectivity index (χ3n) is 3.53. The van der Waals surface area contributed by atoms with Crippen LogP contribution in [0.2, 0.25) is 0 Å². The number of benzene rings is 1. The summed E-state index contributed by atoms with van der Waals surface area (Å²) in [6.45, 7) is 9.50. The second-order valence-electron chi connectivity index (χ2n) is 5.15. The Morgan fingerprint density at radius 1 is 1.25 bits per heavy atom. The summed E-state index contributed by atoms with van der Waals surface area (Å²) in [5.41, 5.74) is 3.19. The summed E-state index contributed by atoms with van der Waals surface area (Å²) in [5.74, 6) is 1.60. The van der Waals surface area contributed by atoms with Crippen LogP contribution in [0.25, 0.3) is 5.69 Å². The van der Waals surface area contributed by atoms with Gasteiger partial charge in [0.25, 0.3) is 0 Å². The van der Waals surface area contributed by atoms with Crippen molar-refractivity contribution >= 4 is 17.4 Å². The van der Waals surface area contributed by atoms with Gasteiger partial charge in [-0.15, -0.1) is 11.6 Å². The van der Waals surface area contributed by atoms with Crippen LogP contribution < -0.4 is 4.90 Å². The normalized spacial score (nSPS) is 11.1. The van der Waals surface area contributed by atoms with E-state index in [1.165, 1.54) is 0 Å². The summed E-state index contributed by atoms with van der Waals surface area (Å²) in [7, 11) is 0. The number of hydrogen-bond donors (Lipinski definition) is 0. The highest BCUT2D eigenvalue weighted by molar-refractivity contribution is 6.17. The van der Waals surface area contributed by atoms with E-state index < -0.39 is 0 Å². The highest BCUT2D eigenvalue weighted by atomic mass is 35.5. The van der Waals surface area contributed by atoms with E-state index in [0.717, 1.165) is 29.3 Å². The van der Waals surface area contributed by atoms with E-state index in [1.54, 1.807) is 0 Å². The zero-order chi connectivity index (χ0) is 14.7. The van der Waals surface area contributed by atoms with Crippen molar-refractivity contribution < 1.29 is 0 Å². The molecule has 108 valence electrons. The van der Waals surface area contributed by atoms with Crippen molar-refractivity contribution in [1.29, 1.82) is 0 Å². The highest BCUT2D eigenvalue weighted by Gasteiger charge is 2.22. The van der Waals surface area contributed by atoms with Gasteiger partial charge in [0.1, 0.15) is 5.82 Å². The van der Waals surface area contributed by atoms with Gasteiger partial charge in [-0.25, -0.2) is 4.68 Å². The van der Waals surface area contributed by atoms with Crippen LogP contribution in [0.3, 0.4) is 0 Å². The average molecular weight is 292 g/mol. The predicted octanol–water partition coefficient (Wildman–Crippen LogP) is 4.15. The Kier molecular flexibility index (Phi) is 4.71. The first kappa shape index (κ1) is 14.9. The van der Waals surface area contributed by atoms with Crippen LogP contribution in [0.5, 0.6) is 0 Å². The Morgan fingerprint density at radius 3 is 2.40 bits per heavy atom. The number of aromatic nitrogens is 2. The molecule has 20 heavy (non-hydrogen) atoms. The van der Waals surface area contributed by atoms with Crippen LogP contribution in [0.4, 0.5) is 5.82 Å². The van der Waals surface area contributed by atoms with Crippen LogP contribution in [0, 0.1) is 6.92 Å². The van der Waals surface area contributed by atoms with Crippen molar-refractivity contribution in [2.45, 2.75) is 39.6 Å². The van der Waals surface area contributed by atoms with Crippen LogP contribution in [-0.2, 0) is 5.88 Å². The monoisotopic (exact) mass is 291 g/mol. The molecular weight excluding hydrogens is 270 g/mol. The zero-order valence-electron chi connectivity index (χ0n) is 12.6. The second kappa shape index (κ2) is 6.31. The van der Waals surface area contributed by atoms with Crippen LogP contribution in [-0.4, -0.2) is 22.4 Å². The molecule has 0 radical (unpaired) electrons. The smallest absolute Gasteiger partial charge is 0.137 e. The Labute approximate surface area is 126 Å². The summed E-state index contributed by atoms with van der Waals surface area (Å²) >= 11 is 6.16. The molecule has 3 nitrogen and oxygen atoms in total. The second-order valence-corrected chi connectivity index (χ2v) is 5.42. The van der Waals surface area contributed by atoms with Gasteiger partial charge in [-0.05, 0) is 39.8 Å². The van der Waals surface area contributed by atoms with Gasteiger partial charge in [-0.3, -0.25) is 0 Å². The molecule has 1 aromatic heterocycles. The Bertz CT molecular complexity index is 561. The SMILES string of the molecule is CCN(c1c(CCl)c(C)nn1-c1ccccc1)C(C)C. The Hall–Kier alpha value is -1.48. The summed E-state index contributed by atoms with van der Waals surface area (Å²) in [6.07, 6.45) is 0. The van der Waals surface area contributed by atoms with Gasteiger partial charge in [-0.2, -0.15) is 5.10 Å². The molecule has 1 heterocycles. The molecule has 0 amide bonds. The predicted molar refractivity (Wildman–Crippen MR) is 86.0 cm³/mol. The molecule has 0 aliphatic heterocycles. The minimum absolute atomic E-state index is 0.403. The summed E-state index contributed by atoms with van der Waals surface area (Å²) in [4.78, 5) is 2.34. The van der Waals surface area contributed by atoms with Crippen molar-refractivity contribution in [2.24, 2.45) is 0 Å². The molecule has 1 aromatic carbocycles. The van der Waals surface area contributed by atoms with Gasteiger partial charge < -0.3 is 4.90 Å². The standard InChI is InChI=1S/C16H22ClN3/c1-5-19(12(2)3)16-15(11-17)13(4)18-20(16)14-9-7-6-8-10-14/h6-10,12H,5,11H2,1-4H3. The number of rotatable bonds is 5. The van der Waals surface area contributed by atoms with Gasteiger partial charge in [-0.1, -0.05) is 18.2 Å². The largest absolute Gasteiger partial charge is 0.354 e. The quantitative estimate of drug-likeness (QED) is 0.772. The van der Waals surface area contributed by atoms with Crippen LogP contribution in [0.15, 0.2) is 30.3 Å². The van der Waals surface area contributed by atoms with E-state index >= 15 is 0 Å². The van der Waals surface area contributed by atoms with Crippen molar-refractivity contribution in [3.8, 4) is 5.69 Å². The molecule has 0 fully saturated rings. The lowest BCUT2D eigenvalue weighted by molar-refractivity contribution is 0.672. The first-order valence-corrected chi connectivity index (χ1v) is 7.60. The first-order valence-electron chi connectivity index (χ1n) is 7.06. The molecule has 0 saturated heterocycles. The number of hydrogen-bond acceptors (Lipinski definition) is 2. The summed E-state index contributed by atoms with van der Waals surface area (Å²) in [6, 6.07) is 10.6. The van der Waals surface area contributed by atoms with Crippen molar-refractivity contribution in [1.82, 2.24) is 9.78 Å². The zero-order valence-corrected chi connectivity index (χ0v) is 13.4. The molecule has 0 aliphatic rings. The van der Waals surface area contributed by atoms with E-state index in [4.69, 9.17) is 16.7 Å². The Balaban J connectivity index is 2.63. The maximum Gasteiger partial charge on any atom is 0.137 e. The molecule has 0 saturated carbocycles. The average Bonchev–Trinajstić information content (AvgIpc) is 2.77. The molecule has 0 spiro atoms. The van der Waals surface area contributed by atoms with E-state index in [-0.39, 0.29) is 0 Å². The number of para-hydroxylation sites is 1. The van der Waals surface area contributed by atoms with Gasteiger partial charge in [0.05, 0.1) is 17.3 Å². The number of nitrogens with zero attached hydrogens (tertiary/aromatic N) is 3. The number of aryl methyl sites for hydroxylation is 1. The van der Waals surface area contributed by atoms with Crippen molar-refractivity contribution in [3.63, 3.8) is 0 Å². The van der Waals surface area contributed by atoms with Gasteiger partial charge >= 0.3 is 0 Å². The van der Waals surface area contributed by atoms with Gasteiger partial charge in [0.2, 0.25) is 0 Å². The third kappa shape index (κ3) is 2.68. The van der Waals surface area contributed by atoms with Gasteiger partial charge in [0.15, 0.2) is 0 Å². The molecule has 4 heteroatoms. The fourth-order valence-corrected chi connectivity index (χ4v) is 2.82. The molecule has 2 rings (SSSR count). The molecule has 0 unspecified atom stereocenters. The minimum Gasteiger partial charge on any atom is -0.354 e. The topological polar surface area (TPSA) is 21.1 Å². The fourth-order valence-electron chi connectivity index (χ4n) is 2.51. The molecule has 2 aromatic rings. The number of anilines is 1. The van der Waals surface area contributed by atoms with Gasteiger partial charge in [0, 0.05) is 18.2 Å². The molecule has 0 N–H and O–H groups in total. The molecule has 0 bridgehead atoms. The van der Waals surface area contributed by atoms with E-state index in [9.17, 15) is 0 Å². The molecule has 0 aliphatic carbocycles. The molecular formula is C16H22ClN3. The van der Waals surface area contributed by atoms with E-state index in [0.29, 0.717) is 11.9 Å². The third-order valence-corrected chi connectivity index (χ3v) is 3.80. The molecule has 0 atom stereocenters. The maximum atomic E-state index is 6.16. The summed E-state index contributed by atoms with van der Waals surface area (Å²) in [5, 5.41) is 4.69. The van der Waals surface area contributed by atoms with E-state index in [2.05, 4.69) is 37.8 Å². The lowest BCUT2D eigenvalue weighted by atomic mass is 10.2. The lowest BCUT2D eigenvalue weighted by Crippen LogP contribution is -2.33. The lowest BCUT2D eigenvalue weighted by Gasteiger charge is -2.29.